The van der Waals surface area contributed by atoms with Crippen molar-refractivity contribution in [3.8, 4) is 11.5 Å². The van der Waals surface area contributed by atoms with Gasteiger partial charge in [0.1, 0.15) is 18.1 Å². The highest BCUT2D eigenvalue weighted by Gasteiger charge is 2.33. The molecule has 1 N–H and O–H groups in total. The molecule has 2 aliphatic rings. The van der Waals surface area contributed by atoms with E-state index in [2.05, 4.69) is 65.9 Å². The van der Waals surface area contributed by atoms with E-state index in [4.69, 9.17) is 9.40 Å². The third-order valence-corrected chi connectivity index (χ3v) is 9.14. The summed E-state index contributed by atoms with van der Waals surface area (Å²) in [5.41, 5.74) is 10.5. The molecule has 1 unspecified atom stereocenters. The average molecular weight is 601 g/mol. The zero-order chi connectivity index (χ0) is 31.1. The summed E-state index contributed by atoms with van der Waals surface area (Å²) in [7, 11) is 0. The number of hydrogen-bond acceptors (Lipinski definition) is 5. The van der Waals surface area contributed by atoms with Crippen LogP contribution in [0.1, 0.15) is 65.4 Å². The molecule has 0 radical (unpaired) electrons. The minimum atomic E-state index is -0.942. The Bertz CT molecular complexity index is 1950. The van der Waals surface area contributed by atoms with Crippen molar-refractivity contribution < 1.29 is 19.1 Å². The fourth-order valence-electron chi connectivity index (χ4n) is 6.98. The molecule has 1 fully saturated rings. The lowest BCUT2D eigenvalue weighted by Crippen LogP contribution is -2.39. The maximum atomic E-state index is 13.6. The van der Waals surface area contributed by atoms with Gasteiger partial charge in [-0.05, 0) is 90.1 Å². The number of carbonyl (C=O) groups excluding carboxylic acids is 1. The number of hydrogen-bond donors (Lipinski definition) is 1. The molecule has 0 spiro atoms. The molecule has 8 nitrogen and oxygen atoms in total. The Morgan fingerprint density at radius 2 is 1.89 bits per heavy atom. The Hall–Kier alpha value is -4.98. The van der Waals surface area contributed by atoms with E-state index < -0.39 is 12.0 Å². The van der Waals surface area contributed by atoms with Crippen molar-refractivity contribution in [1.29, 1.82) is 0 Å². The molecule has 3 aromatic carbocycles. The maximum absolute atomic E-state index is 13.6. The SMILES string of the molecule is CCCc1nc2c(C)cc(-c3ncco3)cc2n1Cc1ccc2c(c1)CCc1ccccc1/C2=C\C(=O)N1CCCC1C(=O)O. The van der Waals surface area contributed by atoms with E-state index in [9.17, 15) is 14.7 Å². The molecule has 3 heterocycles. The van der Waals surface area contributed by atoms with Crippen LogP contribution in [0.15, 0.2) is 77.6 Å². The average Bonchev–Trinajstić information content (AvgIpc) is 3.80. The smallest absolute Gasteiger partial charge is 0.326 e. The first-order valence-electron chi connectivity index (χ1n) is 15.8. The molecular formula is C37H36N4O4. The highest BCUT2D eigenvalue weighted by Crippen LogP contribution is 2.35. The van der Waals surface area contributed by atoms with E-state index in [1.165, 1.54) is 16.0 Å². The molecule has 1 saturated heterocycles. The van der Waals surface area contributed by atoms with Gasteiger partial charge in [0.15, 0.2) is 0 Å². The standard InChI is InChI=1S/C37H36N4O4/c1-3-7-33-39-35-23(2)18-27(36-38-15-17-45-36)20-32(35)41(33)22-24-11-14-29-26(19-24)13-12-25-8-4-5-9-28(25)30(29)21-34(42)40-16-6-10-31(40)37(43)44/h4-5,8-9,11,14-15,17-21,31H,3,6-7,10,12-13,16,22H2,1-2H3,(H,43,44)/b30-21+. The Kier molecular flexibility index (Phi) is 7.57. The van der Waals surface area contributed by atoms with Crippen LogP contribution < -0.4 is 0 Å². The zero-order valence-corrected chi connectivity index (χ0v) is 25.6. The molecule has 1 aliphatic carbocycles. The van der Waals surface area contributed by atoms with Crippen molar-refractivity contribution in [3.63, 3.8) is 0 Å². The number of aliphatic carboxylic acids is 1. The van der Waals surface area contributed by atoms with Crippen LogP contribution in [0.4, 0.5) is 0 Å². The van der Waals surface area contributed by atoms with E-state index in [1.54, 1.807) is 18.5 Å². The summed E-state index contributed by atoms with van der Waals surface area (Å²) in [5, 5.41) is 9.70. The molecule has 2 aromatic heterocycles. The normalized spacial score (nSPS) is 17.0. The van der Waals surface area contributed by atoms with E-state index >= 15 is 0 Å². The van der Waals surface area contributed by atoms with Gasteiger partial charge in [-0.3, -0.25) is 4.79 Å². The predicted octanol–water partition coefficient (Wildman–Crippen LogP) is 6.61. The van der Waals surface area contributed by atoms with Crippen molar-refractivity contribution in [1.82, 2.24) is 19.4 Å². The van der Waals surface area contributed by atoms with Crippen molar-refractivity contribution in [2.24, 2.45) is 0 Å². The molecule has 0 bridgehead atoms. The third-order valence-electron chi connectivity index (χ3n) is 9.14. The van der Waals surface area contributed by atoms with Gasteiger partial charge in [0.05, 0.1) is 17.2 Å². The summed E-state index contributed by atoms with van der Waals surface area (Å²) in [6.07, 6.45) is 9.65. The molecule has 7 rings (SSSR count). The fraction of sp³-hybridized carbons (Fsp3) is 0.297. The zero-order valence-electron chi connectivity index (χ0n) is 25.6. The summed E-state index contributed by atoms with van der Waals surface area (Å²) < 4.78 is 7.93. The molecule has 0 saturated carbocycles. The van der Waals surface area contributed by atoms with Crippen LogP contribution in [0.25, 0.3) is 28.1 Å². The monoisotopic (exact) mass is 600 g/mol. The van der Waals surface area contributed by atoms with Crippen LogP contribution in [-0.4, -0.2) is 49.0 Å². The molecule has 5 aromatic rings. The van der Waals surface area contributed by atoms with Gasteiger partial charge in [-0.2, -0.15) is 0 Å². The van der Waals surface area contributed by atoms with Crippen LogP contribution in [-0.2, 0) is 35.4 Å². The summed E-state index contributed by atoms with van der Waals surface area (Å²) in [6, 6.07) is 18.2. The van der Waals surface area contributed by atoms with Crippen molar-refractivity contribution in [2.75, 3.05) is 6.54 Å². The molecule has 45 heavy (non-hydrogen) atoms. The molecule has 228 valence electrons. The van der Waals surface area contributed by atoms with Crippen molar-refractivity contribution in [2.45, 2.75) is 65.0 Å². The summed E-state index contributed by atoms with van der Waals surface area (Å²) >= 11 is 0. The number of carboxylic acids is 1. The number of amides is 1. The summed E-state index contributed by atoms with van der Waals surface area (Å²) in [4.78, 5) is 36.4. The highest BCUT2D eigenvalue weighted by atomic mass is 16.4. The van der Waals surface area contributed by atoms with E-state index in [-0.39, 0.29) is 5.91 Å². The van der Waals surface area contributed by atoms with Gasteiger partial charge in [-0.25, -0.2) is 14.8 Å². The van der Waals surface area contributed by atoms with Gasteiger partial charge in [0.2, 0.25) is 11.8 Å². The number of oxazole rings is 1. The lowest BCUT2D eigenvalue weighted by molar-refractivity contribution is -0.146. The summed E-state index contributed by atoms with van der Waals surface area (Å²) in [5.74, 6) is 0.454. The Morgan fingerprint density at radius 1 is 1.07 bits per heavy atom. The van der Waals surface area contributed by atoms with E-state index in [0.717, 1.165) is 75.9 Å². The number of nitrogens with zero attached hydrogens (tertiary/aromatic N) is 4. The lowest BCUT2D eigenvalue weighted by atomic mass is 9.92. The molecule has 8 heteroatoms. The van der Waals surface area contributed by atoms with Crippen LogP contribution in [0.2, 0.25) is 0 Å². The second-order valence-electron chi connectivity index (χ2n) is 12.1. The third kappa shape index (κ3) is 5.35. The van der Waals surface area contributed by atoms with Crippen LogP contribution in [0.3, 0.4) is 0 Å². The minimum Gasteiger partial charge on any atom is -0.480 e. The number of likely N-dealkylation sites (tertiary alicyclic amines) is 1. The highest BCUT2D eigenvalue weighted by molar-refractivity contribution is 6.01. The van der Waals surface area contributed by atoms with Gasteiger partial charge in [-0.15, -0.1) is 0 Å². The lowest BCUT2D eigenvalue weighted by Gasteiger charge is -2.21. The number of benzene rings is 3. The molecule has 1 aliphatic heterocycles. The van der Waals surface area contributed by atoms with Crippen LogP contribution in [0.5, 0.6) is 0 Å². The second-order valence-corrected chi connectivity index (χ2v) is 12.1. The first-order chi connectivity index (χ1) is 21.9. The topological polar surface area (TPSA) is 101 Å². The van der Waals surface area contributed by atoms with Crippen LogP contribution in [0, 0.1) is 6.92 Å². The van der Waals surface area contributed by atoms with Crippen molar-refractivity contribution in [3.05, 3.63) is 112 Å². The quantitative estimate of drug-likeness (QED) is 0.211. The summed E-state index contributed by atoms with van der Waals surface area (Å²) in [6.45, 7) is 5.37. The van der Waals surface area contributed by atoms with Gasteiger partial charge in [-0.1, -0.05) is 49.4 Å². The van der Waals surface area contributed by atoms with Gasteiger partial charge < -0.3 is 19.0 Å². The van der Waals surface area contributed by atoms with Gasteiger partial charge >= 0.3 is 5.97 Å². The maximum Gasteiger partial charge on any atom is 0.326 e. The first-order valence-corrected chi connectivity index (χ1v) is 15.8. The predicted molar refractivity (Wildman–Crippen MR) is 173 cm³/mol. The fourth-order valence-corrected chi connectivity index (χ4v) is 6.98. The molecule has 1 atom stereocenters. The number of rotatable bonds is 7. The number of carboxylic acid groups (broad SMARTS) is 1. The number of aromatic nitrogens is 3. The van der Waals surface area contributed by atoms with Crippen molar-refractivity contribution >= 4 is 28.5 Å². The molecular weight excluding hydrogens is 564 g/mol. The number of aryl methyl sites for hydroxylation is 4. The Balaban J connectivity index is 1.29. The van der Waals surface area contributed by atoms with Gasteiger partial charge in [0, 0.05) is 31.1 Å². The minimum absolute atomic E-state index is 0.243. The van der Waals surface area contributed by atoms with Crippen LogP contribution >= 0.6 is 0 Å². The number of imidazole rings is 1. The van der Waals surface area contributed by atoms with E-state index in [0.29, 0.717) is 31.8 Å². The Labute approximate surface area is 262 Å². The number of carbonyl (C=O) groups is 2. The Morgan fingerprint density at radius 3 is 2.69 bits per heavy atom. The largest absolute Gasteiger partial charge is 0.480 e. The second kappa shape index (κ2) is 11.8. The van der Waals surface area contributed by atoms with E-state index in [1.807, 2.05) is 12.1 Å². The first kappa shape index (κ1) is 28.8. The molecule has 1 amide bonds. The number of fused-ring (bicyclic) bond motifs is 3. The van der Waals surface area contributed by atoms with Gasteiger partial charge in [0.25, 0.3) is 0 Å².